The maximum Gasteiger partial charge on any atom is 0.413 e. The molecule has 1 aliphatic rings. The molecule has 0 radical (unpaired) electrons. The molecule has 41 heavy (non-hydrogen) atoms. The fourth-order valence-corrected chi connectivity index (χ4v) is 5.05. The van der Waals surface area contributed by atoms with Crippen molar-refractivity contribution < 1.29 is 37.3 Å². The van der Waals surface area contributed by atoms with E-state index in [9.17, 15) is 22.8 Å². The average Bonchev–Trinajstić information content (AvgIpc) is 3.46. The Hall–Kier alpha value is -3.97. The predicted molar refractivity (Wildman–Crippen MR) is 145 cm³/mol. The number of aliphatic hydroxyl groups excluding tert-OH is 1. The molecule has 2 aromatic heterocycles. The number of aliphatic hydroxyl groups is 1. The van der Waals surface area contributed by atoms with Crippen molar-refractivity contribution in [2.45, 2.75) is 31.7 Å². The fraction of sp³-hybridized carbons (Fsp3) is 0.429. The highest BCUT2D eigenvalue weighted by atomic mass is 19.4. The van der Waals surface area contributed by atoms with E-state index in [1.54, 1.807) is 25.4 Å². The third-order valence-electron chi connectivity index (χ3n) is 7.27. The zero-order valence-corrected chi connectivity index (χ0v) is 23.1. The van der Waals surface area contributed by atoms with Crippen LogP contribution in [0.2, 0.25) is 0 Å². The maximum atomic E-state index is 14.3. The molecule has 1 saturated heterocycles. The molecule has 220 valence electrons. The minimum absolute atomic E-state index is 0.0290. The number of fused-ring (bicyclic) bond motifs is 1. The highest BCUT2D eigenvalue weighted by Crippen LogP contribution is 2.39. The summed E-state index contributed by atoms with van der Waals surface area (Å²) in [6, 6.07) is 6.90. The molecule has 0 spiro atoms. The normalized spacial score (nSPS) is 16.9. The summed E-state index contributed by atoms with van der Waals surface area (Å²) in [6.45, 7) is 1.30. The van der Waals surface area contributed by atoms with E-state index < -0.39 is 42.7 Å². The van der Waals surface area contributed by atoms with Crippen LogP contribution in [0.5, 0.6) is 5.88 Å². The average molecular weight is 576 g/mol. The zero-order chi connectivity index (χ0) is 29.9. The van der Waals surface area contributed by atoms with E-state index in [0.29, 0.717) is 38.8 Å². The van der Waals surface area contributed by atoms with Gasteiger partial charge in [-0.05, 0) is 37.1 Å². The Morgan fingerprint density at radius 3 is 2.51 bits per heavy atom. The molecule has 4 rings (SSSR count). The summed E-state index contributed by atoms with van der Waals surface area (Å²) >= 11 is 0. The molecule has 0 aliphatic carbocycles. The molecule has 1 fully saturated rings. The van der Waals surface area contributed by atoms with Gasteiger partial charge in [0, 0.05) is 44.6 Å². The van der Waals surface area contributed by atoms with E-state index in [1.165, 1.54) is 36.3 Å². The van der Waals surface area contributed by atoms with E-state index in [0.717, 1.165) is 7.05 Å². The largest absolute Gasteiger partial charge is 0.481 e. The van der Waals surface area contributed by atoms with E-state index in [-0.39, 0.29) is 25.1 Å². The summed E-state index contributed by atoms with van der Waals surface area (Å²) in [7, 11) is 4.17. The first-order valence-corrected chi connectivity index (χ1v) is 12.9. The van der Waals surface area contributed by atoms with E-state index in [4.69, 9.17) is 14.6 Å². The van der Waals surface area contributed by atoms with Crippen LogP contribution in [0.1, 0.15) is 36.6 Å². The minimum Gasteiger partial charge on any atom is -0.481 e. The summed E-state index contributed by atoms with van der Waals surface area (Å²) in [5, 5.41) is 12.2. The van der Waals surface area contributed by atoms with Crippen molar-refractivity contribution in [3.05, 3.63) is 53.7 Å². The number of aromatic nitrogens is 2. The molecule has 13 heteroatoms. The molecule has 1 aliphatic heterocycles. The third-order valence-corrected chi connectivity index (χ3v) is 7.27. The molecule has 0 unspecified atom stereocenters. The third kappa shape index (κ3) is 6.35. The second-order valence-electron chi connectivity index (χ2n) is 9.81. The van der Waals surface area contributed by atoms with Gasteiger partial charge in [0.05, 0.1) is 36.5 Å². The number of halogens is 3. The van der Waals surface area contributed by atoms with Crippen LogP contribution in [0, 0.1) is 5.92 Å². The van der Waals surface area contributed by atoms with Crippen LogP contribution in [-0.4, -0.2) is 83.8 Å². The Balaban J connectivity index is 1.59. The first-order valence-electron chi connectivity index (χ1n) is 12.9. The Morgan fingerprint density at radius 2 is 1.90 bits per heavy atom. The first-order chi connectivity index (χ1) is 19.5. The van der Waals surface area contributed by atoms with Crippen LogP contribution < -0.4 is 10.1 Å². The molecule has 2 amide bonds. The van der Waals surface area contributed by atoms with Crippen molar-refractivity contribution >= 4 is 34.2 Å². The standard InChI is InChI=1S/C28H32F3N5O5/c1-16(40-3)24-21(13-32-20-9-10-22(41-4)34-25(20)24)33-19-7-5-17(6-8-19)26(28(29,30)31)35(2)27(39)18-11-12-36(14-18)23(38)15-37/h5-10,13,16,18,26,33,37H,11-12,14-15H2,1-4H3/t16-,18-,26-/m0/s1. The molecule has 3 aromatic rings. The topological polar surface area (TPSA) is 117 Å². The van der Waals surface area contributed by atoms with Crippen molar-refractivity contribution in [1.29, 1.82) is 0 Å². The lowest BCUT2D eigenvalue weighted by Crippen LogP contribution is -2.43. The Kier molecular flexibility index (Phi) is 8.98. The van der Waals surface area contributed by atoms with Crippen molar-refractivity contribution in [1.82, 2.24) is 19.8 Å². The van der Waals surface area contributed by atoms with Crippen LogP contribution in [0.15, 0.2) is 42.6 Å². The molecule has 2 N–H and O–H groups in total. The van der Waals surface area contributed by atoms with Gasteiger partial charge in [-0.1, -0.05) is 12.1 Å². The number of ether oxygens (including phenoxy) is 2. The number of amides is 2. The summed E-state index contributed by atoms with van der Waals surface area (Å²) in [4.78, 5) is 35.7. The van der Waals surface area contributed by atoms with Crippen molar-refractivity contribution in [2.75, 3.05) is 46.3 Å². The highest BCUT2D eigenvalue weighted by molar-refractivity contribution is 5.85. The second-order valence-corrected chi connectivity index (χ2v) is 9.81. The lowest BCUT2D eigenvalue weighted by molar-refractivity contribution is -0.190. The number of carbonyl (C=O) groups is 2. The fourth-order valence-electron chi connectivity index (χ4n) is 5.05. The van der Waals surface area contributed by atoms with Gasteiger partial charge in [-0.3, -0.25) is 14.6 Å². The van der Waals surface area contributed by atoms with Gasteiger partial charge in [-0.25, -0.2) is 4.98 Å². The predicted octanol–water partition coefficient (Wildman–Crippen LogP) is 3.99. The number of nitrogens with zero attached hydrogens (tertiary/aromatic N) is 4. The maximum absolute atomic E-state index is 14.3. The van der Waals surface area contributed by atoms with Gasteiger partial charge in [-0.15, -0.1) is 0 Å². The number of hydrogen-bond acceptors (Lipinski definition) is 8. The lowest BCUT2D eigenvalue weighted by atomic mass is 10.0. The first kappa shape index (κ1) is 30.0. The molecule has 3 atom stereocenters. The minimum atomic E-state index is -4.74. The van der Waals surface area contributed by atoms with Gasteiger partial charge in [0.1, 0.15) is 12.1 Å². The van der Waals surface area contributed by atoms with E-state index >= 15 is 0 Å². The molecule has 0 bridgehead atoms. The molecular formula is C28H32F3N5O5. The molecule has 3 heterocycles. The SMILES string of the molecule is COc1ccc2ncc(Nc3ccc([C@H](N(C)C(=O)[C@H]4CCN(C(=O)CO)C4)C(F)(F)F)cc3)c([C@H](C)OC)c2n1. The van der Waals surface area contributed by atoms with Crippen LogP contribution in [-0.2, 0) is 14.3 Å². The lowest BCUT2D eigenvalue weighted by Gasteiger charge is -2.32. The van der Waals surface area contributed by atoms with Gasteiger partial charge in [0.2, 0.25) is 17.7 Å². The zero-order valence-electron chi connectivity index (χ0n) is 23.1. The monoisotopic (exact) mass is 575 g/mol. The number of benzene rings is 1. The van der Waals surface area contributed by atoms with Crippen LogP contribution in [0.4, 0.5) is 24.5 Å². The Labute approximate surface area is 235 Å². The van der Waals surface area contributed by atoms with Crippen molar-refractivity contribution in [3.63, 3.8) is 0 Å². The summed E-state index contributed by atoms with van der Waals surface area (Å²) in [5.74, 6) is -1.66. The van der Waals surface area contributed by atoms with Gasteiger partial charge in [0.15, 0.2) is 6.04 Å². The molecule has 0 saturated carbocycles. The number of hydrogen-bond donors (Lipinski definition) is 2. The van der Waals surface area contributed by atoms with Crippen molar-refractivity contribution in [3.8, 4) is 5.88 Å². The molecule has 10 nitrogen and oxygen atoms in total. The number of likely N-dealkylation sites (tertiary alicyclic amines) is 1. The Morgan fingerprint density at radius 1 is 1.20 bits per heavy atom. The molecular weight excluding hydrogens is 543 g/mol. The number of pyridine rings is 2. The summed E-state index contributed by atoms with van der Waals surface area (Å²) < 4.78 is 53.6. The van der Waals surface area contributed by atoms with Crippen LogP contribution >= 0.6 is 0 Å². The van der Waals surface area contributed by atoms with E-state index in [1.807, 2.05) is 6.92 Å². The number of carbonyl (C=O) groups excluding carboxylic acids is 2. The smallest absolute Gasteiger partial charge is 0.413 e. The van der Waals surface area contributed by atoms with Gasteiger partial charge in [-0.2, -0.15) is 13.2 Å². The van der Waals surface area contributed by atoms with E-state index in [2.05, 4.69) is 15.3 Å². The summed E-state index contributed by atoms with van der Waals surface area (Å²) in [5.41, 5.74) is 2.81. The van der Waals surface area contributed by atoms with Gasteiger partial charge < -0.3 is 29.7 Å². The second kappa shape index (κ2) is 12.3. The Bertz CT molecular complexity index is 1400. The van der Waals surface area contributed by atoms with Crippen LogP contribution in [0.3, 0.4) is 0 Å². The number of rotatable bonds is 9. The van der Waals surface area contributed by atoms with Gasteiger partial charge >= 0.3 is 6.18 Å². The van der Waals surface area contributed by atoms with Crippen LogP contribution in [0.25, 0.3) is 11.0 Å². The van der Waals surface area contributed by atoms with Crippen molar-refractivity contribution in [2.24, 2.45) is 5.92 Å². The highest BCUT2D eigenvalue weighted by Gasteiger charge is 2.47. The molecule has 1 aromatic carbocycles. The summed E-state index contributed by atoms with van der Waals surface area (Å²) in [6.07, 6.45) is -3.31. The number of alkyl halides is 3. The number of anilines is 2. The number of methoxy groups -OCH3 is 2. The number of nitrogens with one attached hydrogen (secondary N) is 1. The van der Waals surface area contributed by atoms with Gasteiger partial charge in [0.25, 0.3) is 0 Å². The quantitative estimate of drug-likeness (QED) is 0.394.